The third kappa shape index (κ3) is 6.96. The van der Waals surface area contributed by atoms with E-state index in [2.05, 4.69) is 19.7 Å². The molecular formula is C28H38FN7O7S2. The number of imide groups is 1. The Morgan fingerprint density at radius 1 is 1.13 bits per heavy atom. The molecule has 1 aromatic carbocycles. The molecule has 5 rings (SSSR count). The van der Waals surface area contributed by atoms with Gasteiger partial charge in [-0.15, -0.1) is 0 Å². The van der Waals surface area contributed by atoms with E-state index in [9.17, 15) is 31.8 Å². The molecule has 45 heavy (non-hydrogen) atoms. The molecule has 0 saturated carbocycles. The van der Waals surface area contributed by atoms with E-state index in [4.69, 9.17) is 0 Å². The van der Waals surface area contributed by atoms with E-state index in [-0.39, 0.29) is 54.8 Å². The zero-order valence-electron chi connectivity index (χ0n) is 25.4. The molecule has 3 fully saturated rings. The number of sulfonamides is 1. The second-order valence-corrected chi connectivity index (χ2v) is 14.9. The number of piperidine rings is 2. The molecule has 0 radical (unpaired) electrons. The summed E-state index contributed by atoms with van der Waals surface area (Å²) in [6.07, 6.45) is 3.41. The summed E-state index contributed by atoms with van der Waals surface area (Å²) in [5.74, 6) is -3.48. The third-order valence-corrected chi connectivity index (χ3v) is 11.6. The highest BCUT2D eigenvalue weighted by Crippen LogP contribution is 2.32. The van der Waals surface area contributed by atoms with E-state index >= 15 is 4.39 Å². The molecule has 2 aromatic rings. The number of carbonyl (C=O) groups excluding carboxylic acids is 3. The van der Waals surface area contributed by atoms with Gasteiger partial charge in [0.15, 0.2) is 5.79 Å². The molecule has 14 nitrogen and oxygen atoms in total. The summed E-state index contributed by atoms with van der Waals surface area (Å²) in [5, 5.41) is 2.32. The van der Waals surface area contributed by atoms with Gasteiger partial charge in [-0.3, -0.25) is 33.6 Å². The molecule has 246 valence electrons. The van der Waals surface area contributed by atoms with E-state index in [0.29, 0.717) is 30.7 Å². The number of amides is 3. The van der Waals surface area contributed by atoms with E-state index in [1.54, 1.807) is 7.05 Å². The fourth-order valence-corrected chi connectivity index (χ4v) is 8.10. The largest absolute Gasteiger partial charge is 0.329 e. The van der Waals surface area contributed by atoms with E-state index in [1.165, 1.54) is 29.1 Å². The number of nitrogens with zero attached hydrogens (tertiary/aromatic N) is 4. The SMILES string of the molecule is C/C(=C\CNS(=O)(=O)CCN1CCC(c2ccc3c(c2)n(C)c(=O)n3C2CCC(=O)NC2=O)CC1)[C@](C)(F)N1CC(=O)NS1=O. The molecule has 3 aliphatic rings. The molecule has 3 amide bonds. The molecule has 1 aromatic heterocycles. The number of aromatic nitrogens is 2. The van der Waals surface area contributed by atoms with Crippen LogP contribution in [0.1, 0.15) is 57.1 Å². The molecule has 4 heterocycles. The Kier molecular flexibility index (Phi) is 9.47. The monoisotopic (exact) mass is 667 g/mol. The topological polar surface area (TPSA) is 172 Å². The van der Waals surface area contributed by atoms with Crippen molar-refractivity contribution in [2.45, 2.75) is 57.3 Å². The fraction of sp³-hybridized carbons (Fsp3) is 0.571. The normalized spacial score (nSPS) is 24.2. The lowest BCUT2D eigenvalue weighted by Crippen LogP contribution is -2.44. The molecule has 3 atom stereocenters. The van der Waals surface area contributed by atoms with E-state index in [0.717, 1.165) is 22.7 Å². The predicted octanol–water partition coefficient (Wildman–Crippen LogP) is 0.0590. The first-order chi connectivity index (χ1) is 21.2. The van der Waals surface area contributed by atoms with Crippen molar-refractivity contribution in [1.29, 1.82) is 0 Å². The fourth-order valence-electron chi connectivity index (χ4n) is 6.06. The van der Waals surface area contributed by atoms with Crippen molar-refractivity contribution in [3.63, 3.8) is 0 Å². The van der Waals surface area contributed by atoms with Crippen LogP contribution in [0.4, 0.5) is 4.39 Å². The summed E-state index contributed by atoms with van der Waals surface area (Å²) in [7, 11) is -1.99. The number of hydrogen-bond acceptors (Lipinski definition) is 8. The van der Waals surface area contributed by atoms with Crippen LogP contribution in [0.25, 0.3) is 11.0 Å². The Morgan fingerprint density at radius 3 is 2.49 bits per heavy atom. The van der Waals surface area contributed by atoms with Gasteiger partial charge in [-0.05, 0) is 75.4 Å². The first-order valence-electron chi connectivity index (χ1n) is 14.8. The molecule has 0 bridgehead atoms. The average Bonchev–Trinajstić information content (AvgIpc) is 3.46. The average molecular weight is 668 g/mol. The third-order valence-electron chi connectivity index (χ3n) is 8.96. The van der Waals surface area contributed by atoms with Crippen molar-refractivity contribution in [3.05, 3.63) is 45.9 Å². The summed E-state index contributed by atoms with van der Waals surface area (Å²) in [6.45, 7) is 3.82. The number of fused-ring (bicyclic) bond motifs is 1. The van der Waals surface area contributed by atoms with Gasteiger partial charge in [0.1, 0.15) is 6.04 Å². The first-order valence-corrected chi connectivity index (χ1v) is 17.5. The maximum Gasteiger partial charge on any atom is 0.329 e. The van der Waals surface area contributed by atoms with Crippen LogP contribution in [-0.2, 0) is 42.6 Å². The van der Waals surface area contributed by atoms with E-state index < -0.39 is 44.8 Å². The van der Waals surface area contributed by atoms with Crippen molar-refractivity contribution in [2.75, 3.05) is 38.5 Å². The highest BCUT2D eigenvalue weighted by atomic mass is 32.2. The highest BCUT2D eigenvalue weighted by Gasteiger charge is 2.43. The van der Waals surface area contributed by atoms with E-state index in [1.807, 2.05) is 18.2 Å². The molecule has 3 N–H and O–H groups in total. The number of alkyl halides is 1. The minimum absolute atomic E-state index is 0.128. The van der Waals surface area contributed by atoms with Crippen molar-refractivity contribution in [3.8, 4) is 0 Å². The van der Waals surface area contributed by atoms with Gasteiger partial charge in [-0.2, -0.15) is 4.31 Å². The molecule has 0 spiro atoms. The number of halogens is 1. The maximum atomic E-state index is 15.2. The summed E-state index contributed by atoms with van der Waals surface area (Å²) < 4.78 is 60.9. The number of hydrogen-bond donors (Lipinski definition) is 3. The molecular weight excluding hydrogens is 629 g/mol. The van der Waals surface area contributed by atoms with Crippen LogP contribution in [0.5, 0.6) is 0 Å². The van der Waals surface area contributed by atoms with Crippen LogP contribution in [0.15, 0.2) is 34.6 Å². The van der Waals surface area contributed by atoms with Crippen LogP contribution in [0, 0.1) is 0 Å². The van der Waals surface area contributed by atoms with Gasteiger partial charge in [0.05, 0.1) is 23.3 Å². The maximum absolute atomic E-state index is 15.2. The lowest BCUT2D eigenvalue weighted by molar-refractivity contribution is -0.135. The van der Waals surface area contributed by atoms with Gasteiger partial charge in [-0.1, -0.05) is 12.1 Å². The zero-order chi connectivity index (χ0) is 32.7. The van der Waals surface area contributed by atoms with Gasteiger partial charge in [0, 0.05) is 26.6 Å². The number of aryl methyl sites for hydroxylation is 1. The first kappa shape index (κ1) is 33.1. The lowest BCUT2D eigenvalue weighted by Gasteiger charge is -2.32. The predicted molar refractivity (Wildman–Crippen MR) is 165 cm³/mol. The summed E-state index contributed by atoms with van der Waals surface area (Å²) >= 11 is -2.00. The number of carbonyl (C=O) groups is 3. The lowest BCUT2D eigenvalue weighted by atomic mass is 9.89. The van der Waals surface area contributed by atoms with Crippen LogP contribution in [0.3, 0.4) is 0 Å². The molecule has 17 heteroatoms. The second-order valence-electron chi connectivity index (χ2n) is 11.9. The quantitative estimate of drug-likeness (QED) is 0.181. The number of rotatable bonds is 10. The van der Waals surface area contributed by atoms with Crippen molar-refractivity contribution >= 4 is 49.9 Å². The summed E-state index contributed by atoms with van der Waals surface area (Å²) in [4.78, 5) is 50.7. The molecule has 3 aliphatic heterocycles. The van der Waals surface area contributed by atoms with Crippen LogP contribution in [0.2, 0.25) is 0 Å². The van der Waals surface area contributed by atoms with Crippen molar-refractivity contribution in [1.82, 2.24) is 33.1 Å². The van der Waals surface area contributed by atoms with Gasteiger partial charge in [0.25, 0.3) is 0 Å². The van der Waals surface area contributed by atoms with Crippen LogP contribution >= 0.6 is 0 Å². The Morgan fingerprint density at radius 2 is 1.84 bits per heavy atom. The molecule has 0 aliphatic carbocycles. The number of benzene rings is 1. The van der Waals surface area contributed by atoms with Gasteiger partial charge in [0.2, 0.25) is 38.9 Å². The number of likely N-dealkylation sites (tertiary alicyclic amines) is 1. The van der Waals surface area contributed by atoms with Crippen molar-refractivity contribution in [2.24, 2.45) is 7.05 Å². The van der Waals surface area contributed by atoms with Crippen molar-refractivity contribution < 1.29 is 31.4 Å². The Bertz CT molecular complexity index is 1740. The standard InChI is InChI=1S/C28H38FN7O7S2/c1-18(28(2,29)35-17-25(38)32-44(35)41)8-11-30-45(42,43)15-14-34-12-9-19(10-13-34)20-4-5-21-23(16-20)33(3)27(40)36(21)22-6-7-24(37)31-26(22)39/h4-5,8,16,19,22,30H,6-7,9-15,17H2,1-3H3,(H,32,38)(H,31,37,39)/b18-8+/t22?,28-,44?/m1/s1. The summed E-state index contributed by atoms with van der Waals surface area (Å²) in [6, 6.07) is 5.05. The van der Waals surface area contributed by atoms with Crippen LogP contribution < -0.4 is 20.5 Å². The van der Waals surface area contributed by atoms with Crippen LogP contribution in [-0.4, -0.2) is 93.0 Å². The number of nitrogens with one attached hydrogen (secondary N) is 3. The van der Waals surface area contributed by atoms with Gasteiger partial charge in [-0.25, -0.2) is 26.5 Å². The smallest absolute Gasteiger partial charge is 0.302 e. The zero-order valence-corrected chi connectivity index (χ0v) is 27.0. The highest BCUT2D eigenvalue weighted by molar-refractivity contribution is 7.89. The van der Waals surface area contributed by atoms with Gasteiger partial charge >= 0.3 is 5.69 Å². The molecule has 3 saturated heterocycles. The Hall–Kier alpha value is -3.25. The second kappa shape index (κ2) is 12.9. The van der Waals surface area contributed by atoms with Gasteiger partial charge < -0.3 is 4.90 Å². The number of imidazole rings is 1. The molecule has 2 unspecified atom stereocenters. The Labute approximate surface area is 262 Å². The Balaban J connectivity index is 1.14. The minimum atomic E-state index is -3.65. The minimum Gasteiger partial charge on any atom is -0.302 e. The summed E-state index contributed by atoms with van der Waals surface area (Å²) in [5.41, 5.74) is 2.21.